The van der Waals surface area contributed by atoms with Crippen LogP contribution in [0.2, 0.25) is 0 Å². The summed E-state index contributed by atoms with van der Waals surface area (Å²) in [6, 6.07) is 8.23. The van der Waals surface area contributed by atoms with Crippen molar-refractivity contribution in [3.63, 3.8) is 0 Å². The minimum Gasteiger partial charge on any atom is -0.466 e. The maximum Gasteiger partial charge on any atom is 0.309 e. The molecular formula is C22H31N5O3S. The summed E-state index contributed by atoms with van der Waals surface area (Å²) in [4.78, 5) is 26.7. The molecule has 2 aromatic rings. The highest BCUT2D eigenvalue weighted by molar-refractivity contribution is 8.00. The molecule has 9 heteroatoms. The van der Waals surface area contributed by atoms with E-state index in [0.717, 1.165) is 12.1 Å². The summed E-state index contributed by atoms with van der Waals surface area (Å²) in [7, 11) is 0. The lowest BCUT2D eigenvalue weighted by molar-refractivity contribution is -0.151. The average Bonchev–Trinajstić information content (AvgIpc) is 3.25. The van der Waals surface area contributed by atoms with Gasteiger partial charge in [-0.3, -0.25) is 9.59 Å². The standard InChI is InChI=1S/C22H31N5O3S/c1-4-6-7-17-8-10-19(11-9-17)27-22(23-24-25-27)31-16(3)20(28)26-14-12-18(13-15-26)21(29)30-5-2/h8-11,16,18H,4-7,12-15H2,1-3H3. The fourth-order valence-electron chi connectivity index (χ4n) is 3.66. The van der Waals surface area contributed by atoms with Gasteiger partial charge < -0.3 is 9.64 Å². The van der Waals surface area contributed by atoms with Gasteiger partial charge in [-0.25, -0.2) is 0 Å². The number of carbonyl (C=O) groups is 2. The molecule has 1 aromatic carbocycles. The number of ether oxygens (including phenoxy) is 1. The molecule has 168 valence electrons. The number of tetrazole rings is 1. The summed E-state index contributed by atoms with van der Waals surface area (Å²) >= 11 is 1.35. The summed E-state index contributed by atoms with van der Waals surface area (Å²) in [6.45, 7) is 7.39. The number of aryl methyl sites for hydroxylation is 1. The van der Waals surface area contributed by atoms with Crippen molar-refractivity contribution in [1.29, 1.82) is 0 Å². The van der Waals surface area contributed by atoms with Gasteiger partial charge in [-0.2, -0.15) is 4.68 Å². The van der Waals surface area contributed by atoms with E-state index in [4.69, 9.17) is 4.74 Å². The zero-order chi connectivity index (χ0) is 22.2. The summed E-state index contributed by atoms with van der Waals surface area (Å²) in [5.41, 5.74) is 2.17. The third-order valence-corrected chi connectivity index (χ3v) is 6.52. The number of benzene rings is 1. The molecule has 0 bridgehead atoms. The quantitative estimate of drug-likeness (QED) is 0.432. The first-order chi connectivity index (χ1) is 15.0. The molecule has 0 N–H and O–H groups in total. The fraction of sp³-hybridized carbons (Fsp3) is 0.591. The van der Waals surface area contributed by atoms with Crippen molar-refractivity contribution in [2.45, 2.75) is 63.3 Å². The maximum absolute atomic E-state index is 12.9. The Morgan fingerprint density at radius 1 is 1.19 bits per heavy atom. The van der Waals surface area contributed by atoms with Gasteiger partial charge in [0.2, 0.25) is 11.1 Å². The van der Waals surface area contributed by atoms with Crippen molar-refractivity contribution in [2.75, 3.05) is 19.7 Å². The molecule has 31 heavy (non-hydrogen) atoms. The molecule has 0 saturated carbocycles. The van der Waals surface area contributed by atoms with E-state index in [1.54, 1.807) is 4.68 Å². The van der Waals surface area contributed by atoms with Crippen molar-refractivity contribution in [1.82, 2.24) is 25.1 Å². The Morgan fingerprint density at radius 3 is 2.55 bits per heavy atom. The molecule has 1 unspecified atom stereocenters. The third-order valence-electron chi connectivity index (χ3n) is 5.50. The van der Waals surface area contributed by atoms with Gasteiger partial charge in [-0.05, 0) is 67.7 Å². The zero-order valence-electron chi connectivity index (χ0n) is 18.5. The monoisotopic (exact) mass is 445 g/mol. The molecule has 0 aliphatic carbocycles. The molecule has 8 nitrogen and oxygen atoms in total. The van der Waals surface area contributed by atoms with Gasteiger partial charge in [0.05, 0.1) is 23.5 Å². The summed E-state index contributed by atoms with van der Waals surface area (Å²) in [6.07, 6.45) is 4.69. The van der Waals surface area contributed by atoms with Crippen LogP contribution in [0.4, 0.5) is 0 Å². The average molecular weight is 446 g/mol. The van der Waals surface area contributed by atoms with Crippen LogP contribution < -0.4 is 0 Å². The van der Waals surface area contributed by atoms with E-state index >= 15 is 0 Å². The summed E-state index contributed by atoms with van der Waals surface area (Å²) in [5, 5.41) is 12.3. The minimum absolute atomic E-state index is 0.0387. The smallest absolute Gasteiger partial charge is 0.309 e. The van der Waals surface area contributed by atoms with Gasteiger partial charge in [-0.15, -0.1) is 5.10 Å². The molecule has 1 fully saturated rings. The molecule has 0 radical (unpaired) electrons. The molecule has 0 spiro atoms. The van der Waals surface area contributed by atoms with Gasteiger partial charge >= 0.3 is 5.97 Å². The number of piperidine rings is 1. The Bertz CT molecular complexity index is 862. The first-order valence-corrected chi connectivity index (χ1v) is 11.9. The van der Waals surface area contributed by atoms with E-state index in [1.807, 2.05) is 30.9 Å². The zero-order valence-corrected chi connectivity index (χ0v) is 19.3. The first-order valence-electron chi connectivity index (χ1n) is 11.0. The van der Waals surface area contributed by atoms with Crippen LogP contribution in [0.25, 0.3) is 5.69 Å². The fourth-order valence-corrected chi connectivity index (χ4v) is 4.55. The Kier molecular flexibility index (Phi) is 8.45. The molecule has 3 rings (SSSR count). The van der Waals surface area contributed by atoms with Crippen molar-refractivity contribution >= 4 is 23.6 Å². The Morgan fingerprint density at radius 2 is 1.90 bits per heavy atom. The Hall–Kier alpha value is -2.42. The molecule has 1 aliphatic rings. The van der Waals surface area contributed by atoms with Crippen LogP contribution in [-0.4, -0.2) is 61.9 Å². The van der Waals surface area contributed by atoms with Crippen LogP contribution in [0, 0.1) is 5.92 Å². The molecule has 1 saturated heterocycles. The largest absolute Gasteiger partial charge is 0.466 e. The highest BCUT2D eigenvalue weighted by atomic mass is 32.2. The normalized spacial score (nSPS) is 15.6. The SMILES string of the molecule is CCCCc1ccc(-n2nnnc2SC(C)C(=O)N2CCC(C(=O)OCC)CC2)cc1. The number of rotatable bonds is 9. The van der Waals surface area contributed by atoms with Crippen LogP contribution in [0.3, 0.4) is 0 Å². The van der Waals surface area contributed by atoms with Gasteiger partial charge in [0.15, 0.2) is 0 Å². The number of likely N-dealkylation sites (tertiary alicyclic amines) is 1. The second-order valence-corrected chi connectivity index (χ2v) is 9.06. The molecule has 1 aliphatic heterocycles. The van der Waals surface area contributed by atoms with Gasteiger partial charge in [-0.1, -0.05) is 37.2 Å². The number of amides is 1. The number of hydrogen-bond donors (Lipinski definition) is 0. The van der Waals surface area contributed by atoms with Crippen LogP contribution in [-0.2, 0) is 20.7 Å². The lowest BCUT2D eigenvalue weighted by atomic mass is 9.97. The van der Waals surface area contributed by atoms with Crippen LogP contribution in [0.15, 0.2) is 29.4 Å². The van der Waals surface area contributed by atoms with Gasteiger partial charge in [0, 0.05) is 13.1 Å². The number of carbonyl (C=O) groups excluding carboxylic acids is 2. The van der Waals surface area contributed by atoms with Crippen LogP contribution >= 0.6 is 11.8 Å². The van der Waals surface area contributed by atoms with E-state index < -0.39 is 0 Å². The van der Waals surface area contributed by atoms with Crippen molar-refractivity contribution in [3.8, 4) is 5.69 Å². The summed E-state index contributed by atoms with van der Waals surface area (Å²) < 4.78 is 6.78. The van der Waals surface area contributed by atoms with E-state index in [1.165, 1.54) is 30.2 Å². The second-order valence-electron chi connectivity index (χ2n) is 7.75. The number of esters is 1. The number of aromatic nitrogens is 4. The lowest BCUT2D eigenvalue weighted by Crippen LogP contribution is -2.43. The van der Waals surface area contributed by atoms with Gasteiger partial charge in [0.25, 0.3) is 0 Å². The highest BCUT2D eigenvalue weighted by Crippen LogP contribution is 2.26. The van der Waals surface area contributed by atoms with Crippen molar-refractivity contribution < 1.29 is 14.3 Å². The number of unbranched alkanes of at least 4 members (excludes halogenated alkanes) is 1. The van der Waals surface area contributed by atoms with Crippen LogP contribution in [0.5, 0.6) is 0 Å². The first kappa shape index (κ1) is 23.2. The molecule has 2 heterocycles. The van der Waals surface area contributed by atoms with E-state index in [-0.39, 0.29) is 23.0 Å². The third kappa shape index (κ3) is 6.06. The maximum atomic E-state index is 12.9. The second kappa shape index (κ2) is 11.3. The number of thioether (sulfide) groups is 1. The number of nitrogens with zero attached hydrogens (tertiary/aromatic N) is 5. The predicted octanol–water partition coefficient (Wildman–Crippen LogP) is 3.29. The molecular weight excluding hydrogens is 414 g/mol. The van der Waals surface area contributed by atoms with Crippen molar-refractivity contribution in [3.05, 3.63) is 29.8 Å². The Labute approximate surface area is 187 Å². The van der Waals surface area contributed by atoms with Gasteiger partial charge in [0.1, 0.15) is 0 Å². The van der Waals surface area contributed by atoms with E-state index in [2.05, 4.69) is 34.6 Å². The predicted molar refractivity (Wildman–Crippen MR) is 119 cm³/mol. The minimum atomic E-state index is -0.326. The molecule has 1 amide bonds. The topological polar surface area (TPSA) is 90.2 Å². The molecule has 1 aromatic heterocycles. The molecule has 1 atom stereocenters. The van der Waals surface area contributed by atoms with E-state index in [0.29, 0.717) is 37.7 Å². The highest BCUT2D eigenvalue weighted by Gasteiger charge is 2.31. The van der Waals surface area contributed by atoms with Crippen molar-refractivity contribution in [2.24, 2.45) is 5.92 Å². The number of hydrogen-bond acceptors (Lipinski definition) is 7. The van der Waals surface area contributed by atoms with Crippen LogP contribution in [0.1, 0.15) is 52.0 Å². The Balaban J connectivity index is 1.58. The lowest BCUT2D eigenvalue weighted by Gasteiger charge is -2.32. The summed E-state index contributed by atoms with van der Waals surface area (Å²) in [5.74, 6) is -0.228. The van der Waals surface area contributed by atoms with E-state index in [9.17, 15) is 9.59 Å².